The molecular weight excluding hydrogens is 384 g/mol. The van der Waals surface area contributed by atoms with Gasteiger partial charge in [-0.2, -0.15) is 13.2 Å². The maximum atomic E-state index is 14.0. The van der Waals surface area contributed by atoms with E-state index in [1.165, 1.54) is 11.0 Å². The molecule has 2 fully saturated rings. The zero-order valence-electron chi connectivity index (χ0n) is 17.1. The first kappa shape index (κ1) is 21.9. The Balaban J connectivity index is 1.54. The number of guanidine groups is 1. The van der Waals surface area contributed by atoms with Gasteiger partial charge in [0.15, 0.2) is 5.96 Å². The van der Waals surface area contributed by atoms with Gasteiger partial charge in [-0.15, -0.1) is 0 Å². The normalized spacial score (nSPS) is 25.0. The molecule has 1 N–H and O–H groups in total. The van der Waals surface area contributed by atoms with Crippen LogP contribution >= 0.6 is 0 Å². The van der Waals surface area contributed by atoms with E-state index in [0.717, 1.165) is 30.9 Å². The Hall–Kier alpha value is -1.83. The summed E-state index contributed by atoms with van der Waals surface area (Å²) in [6.07, 6.45) is -2.46. The minimum Gasteiger partial charge on any atom is -0.353 e. The maximum Gasteiger partial charge on any atom is 0.401 e. The number of rotatable bonds is 7. The number of nitrogens with one attached hydrogen (secondary N) is 1. The quantitative estimate of drug-likeness (QED) is 0.418. The summed E-state index contributed by atoms with van der Waals surface area (Å²) in [6, 6.07) is 6.99. The zero-order chi connectivity index (χ0) is 21.0. The lowest BCUT2D eigenvalue weighted by atomic mass is 10.1. The Morgan fingerprint density at radius 1 is 1.28 bits per heavy atom. The van der Waals surface area contributed by atoms with Gasteiger partial charge in [-0.3, -0.25) is 9.89 Å². The molecule has 1 aliphatic carbocycles. The maximum absolute atomic E-state index is 14.0. The Kier molecular flexibility index (Phi) is 7.03. The van der Waals surface area contributed by atoms with E-state index >= 15 is 0 Å². The highest BCUT2D eigenvalue weighted by molar-refractivity contribution is 5.81. The van der Waals surface area contributed by atoms with Crippen LogP contribution in [0.1, 0.15) is 38.2 Å². The van der Waals surface area contributed by atoms with Gasteiger partial charge in [0.1, 0.15) is 5.82 Å². The second kappa shape index (κ2) is 9.32. The lowest BCUT2D eigenvalue weighted by Crippen LogP contribution is -2.43. The van der Waals surface area contributed by atoms with Crippen LogP contribution < -0.4 is 5.32 Å². The molecule has 1 aromatic rings. The number of benzene rings is 1. The van der Waals surface area contributed by atoms with Crippen molar-refractivity contribution in [1.82, 2.24) is 15.1 Å². The Morgan fingerprint density at radius 2 is 2.03 bits per heavy atom. The van der Waals surface area contributed by atoms with Gasteiger partial charge in [0.2, 0.25) is 0 Å². The lowest BCUT2D eigenvalue weighted by Gasteiger charge is -2.26. The average Bonchev–Trinajstić information content (AvgIpc) is 3.26. The molecule has 1 aliphatic heterocycles. The van der Waals surface area contributed by atoms with Crippen molar-refractivity contribution in [2.45, 2.75) is 44.8 Å². The van der Waals surface area contributed by atoms with Gasteiger partial charge < -0.3 is 10.2 Å². The van der Waals surface area contributed by atoms with Crippen LogP contribution in [0.15, 0.2) is 29.3 Å². The molecule has 1 saturated heterocycles. The average molecular weight is 414 g/mol. The third-order valence-electron chi connectivity index (χ3n) is 5.67. The molecule has 3 rings (SSSR count). The standard InChI is InChI=1S/C21H30F4N4/c1-3-26-20(27-19-11-17(19)16-7-5-6-8-18(16)22)29-10-9-15(13-29)12-28(4-2)14-21(23,24)25/h5-8,15,17,19H,3-4,9-14H2,1-2H3,(H,26,27). The third kappa shape index (κ3) is 6.07. The predicted octanol–water partition coefficient (Wildman–Crippen LogP) is 3.85. The smallest absolute Gasteiger partial charge is 0.353 e. The molecule has 2 aliphatic rings. The van der Waals surface area contributed by atoms with Crippen molar-refractivity contribution in [2.24, 2.45) is 10.9 Å². The summed E-state index contributed by atoms with van der Waals surface area (Å²) >= 11 is 0. The van der Waals surface area contributed by atoms with Crippen molar-refractivity contribution in [3.8, 4) is 0 Å². The molecule has 1 aromatic carbocycles. The fourth-order valence-electron chi connectivity index (χ4n) is 4.12. The summed E-state index contributed by atoms with van der Waals surface area (Å²) in [5, 5.41) is 3.45. The van der Waals surface area contributed by atoms with Gasteiger partial charge in [0, 0.05) is 38.1 Å². The van der Waals surface area contributed by atoms with E-state index in [4.69, 9.17) is 0 Å². The minimum atomic E-state index is -4.17. The van der Waals surface area contributed by atoms with Crippen molar-refractivity contribution < 1.29 is 17.6 Å². The summed E-state index contributed by atoms with van der Waals surface area (Å²) < 4.78 is 52.2. The minimum absolute atomic E-state index is 0.138. The van der Waals surface area contributed by atoms with Crippen LogP contribution in [0.4, 0.5) is 17.6 Å². The fourth-order valence-corrected chi connectivity index (χ4v) is 4.12. The first-order valence-corrected chi connectivity index (χ1v) is 10.4. The Morgan fingerprint density at radius 3 is 2.69 bits per heavy atom. The molecule has 0 amide bonds. The van der Waals surface area contributed by atoms with Gasteiger partial charge in [0.05, 0.1) is 6.54 Å². The first-order chi connectivity index (χ1) is 13.8. The summed E-state index contributed by atoms with van der Waals surface area (Å²) in [7, 11) is 0. The van der Waals surface area contributed by atoms with Crippen molar-refractivity contribution in [3.63, 3.8) is 0 Å². The molecule has 1 saturated carbocycles. The van der Waals surface area contributed by atoms with E-state index in [9.17, 15) is 17.6 Å². The summed E-state index contributed by atoms with van der Waals surface area (Å²) in [5.41, 5.74) is 0.728. The van der Waals surface area contributed by atoms with Gasteiger partial charge >= 0.3 is 6.18 Å². The number of halogens is 4. The highest BCUT2D eigenvalue weighted by Gasteiger charge is 2.41. The molecule has 29 heavy (non-hydrogen) atoms. The largest absolute Gasteiger partial charge is 0.401 e. The Labute approximate surface area is 170 Å². The molecule has 0 spiro atoms. The van der Waals surface area contributed by atoms with Crippen LogP contribution in [0.25, 0.3) is 0 Å². The first-order valence-electron chi connectivity index (χ1n) is 10.4. The van der Waals surface area contributed by atoms with Gasteiger partial charge in [-0.05, 0) is 43.9 Å². The van der Waals surface area contributed by atoms with E-state index in [1.54, 1.807) is 13.0 Å². The third-order valence-corrected chi connectivity index (χ3v) is 5.67. The Bertz CT molecular complexity index is 706. The second-order valence-electron chi connectivity index (χ2n) is 7.96. The van der Waals surface area contributed by atoms with Crippen LogP contribution in [0.2, 0.25) is 0 Å². The molecule has 0 aromatic heterocycles. The van der Waals surface area contributed by atoms with Crippen LogP contribution in [-0.4, -0.2) is 67.2 Å². The molecule has 4 nitrogen and oxygen atoms in total. The molecule has 0 bridgehead atoms. The van der Waals surface area contributed by atoms with E-state index in [1.807, 2.05) is 19.1 Å². The lowest BCUT2D eigenvalue weighted by molar-refractivity contribution is -0.146. The zero-order valence-corrected chi connectivity index (χ0v) is 17.1. The van der Waals surface area contributed by atoms with Crippen molar-refractivity contribution in [2.75, 3.05) is 39.3 Å². The van der Waals surface area contributed by atoms with Crippen LogP contribution in [0, 0.1) is 11.7 Å². The number of aliphatic imine (C=N–C) groups is 1. The molecular formula is C21H30F4N4. The van der Waals surface area contributed by atoms with Gasteiger partial charge in [0.25, 0.3) is 0 Å². The van der Waals surface area contributed by atoms with Crippen molar-refractivity contribution in [3.05, 3.63) is 35.6 Å². The highest BCUT2D eigenvalue weighted by atomic mass is 19.4. The number of hydrogen-bond acceptors (Lipinski definition) is 2. The number of likely N-dealkylation sites (tertiary alicyclic amines) is 1. The molecule has 3 unspecified atom stereocenters. The van der Waals surface area contributed by atoms with E-state index in [0.29, 0.717) is 26.2 Å². The van der Waals surface area contributed by atoms with Crippen LogP contribution in [0.5, 0.6) is 0 Å². The molecule has 1 heterocycles. The molecule has 162 valence electrons. The number of hydrogen-bond donors (Lipinski definition) is 1. The topological polar surface area (TPSA) is 30.9 Å². The number of alkyl halides is 3. The van der Waals surface area contributed by atoms with E-state index < -0.39 is 12.7 Å². The molecule has 3 atom stereocenters. The summed E-state index contributed by atoms with van der Waals surface area (Å²) in [5.74, 6) is 0.931. The van der Waals surface area contributed by atoms with Gasteiger partial charge in [-0.1, -0.05) is 25.1 Å². The van der Waals surface area contributed by atoms with E-state index in [2.05, 4.69) is 15.2 Å². The monoisotopic (exact) mass is 414 g/mol. The second-order valence-corrected chi connectivity index (χ2v) is 7.96. The van der Waals surface area contributed by atoms with Crippen LogP contribution in [-0.2, 0) is 0 Å². The SMILES string of the molecule is CCN=C(NC1CC1c1ccccc1F)N1CCC(CN(CC)CC(F)(F)F)C1. The van der Waals surface area contributed by atoms with Crippen molar-refractivity contribution in [1.29, 1.82) is 0 Å². The predicted molar refractivity (Wildman–Crippen MR) is 107 cm³/mol. The van der Waals surface area contributed by atoms with Crippen molar-refractivity contribution >= 4 is 5.96 Å². The van der Waals surface area contributed by atoms with Gasteiger partial charge in [-0.25, -0.2) is 4.39 Å². The summed E-state index contributed by atoms with van der Waals surface area (Å²) in [4.78, 5) is 8.17. The number of nitrogens with zero attached hydrogens (tertiary/aromatic N) is 3. The molecule has 8 heteroatoms. The fraction of sp³-hybridized carbons (Fsp3) is 0.667. The van der Waals surface area contributed by atoms with E-state index in [-0.39, 0.29) is 23.7 Å². The highest BCUT2D eigenvalue weighted by Crippen LogP contribution is 2.42. The molecule has 0 radical (unpaired) electrons. The summed E-state index contributed by atoms with van der Waals surface area (Å²) in [6.45, 7) is 5.77. The van der Waals surface area contributed by atoms with Crippen LogP contribution in [0.3, 0.4) is 0 Å².